The summed E-state index contributed by atoms with van der Waals surface area (Å²) in [6, 6.07) is 15.0. The van der Waals surface area contributed by atoms with Gasteiger partial charge in [0, 0.05) is 21.6 Å². The normalized spacial score (nSPS) is 12.9. The smallest absolute Gasteiger partial charge is 0.292 e. The first-order valence-electron chi connectivity index (χ1n) is 7.66. The van der Waals surface area contributed by atoms with Gasteiger partial charge in [-0.2, -0.15) is 0 Å². The van der Waals surface area contributed by atoms with Crippen LogP contribution < -0.4 is 5.32 Å². The third kappa shape index (κ3) is 5.12. The number of carbonyl (C=O) groups excluding carboxylic acids is 2. The second-order valence-corrected chi connectivity index (χ2v) is 6.08. The second-order valence-electron chi connectivity index (χ2n) is 5.65. The lowest BCUT2D eigenvalue weighted by atomic mass is 9.84. The summed E-state index contributed by atoms with van der Waals surface area (Å²) < 4.78 is 0. The number of nitro groups is 1. The molecule has 0 aliphatic rings. The average molecular weight is 361 g/mol. The maximum absolute atomic E-state index is 12.4. The van der Waals surface area contributed by atoms with Gasteiger partial charge in [0.25, 0.3) is 5.91 Å². The molecular formula is C18H17ClN2O4. The van der Waals surface area contributed by atoms with Crippen molar-refractivity contribution >= 4 is 29.0 Å². The Morgan fingerprint density at radius 2 is 1.72 bits per heavy atom. The average Bonchev–Trinajstić information content (AvgIpc) is 2.60. The van der Waals surface area contributed by atoms with Gasteiger partial charge in [0.05, 0.1) is 5.92 Å². The summed E-state index contributed by atoms with van der Waals surface area (Å²) in [5, 5.41) is 14.0. The van der Waals surface area contributed by atoms with Crippen LogP contribution in [-0.4, -0.2) is 23.2 Å². The SMILES string of the molecule is C[C@@H](C(=O)C(=O)Nc1ccccc1)[C@H](C[N+](=O)[O-])c1ccc(Cl)cc1. The van der Waals surface area contributed by atoms with E-state index in [2.05, 4.69) is 5.32 Å². The van der Waals surface area contributed by atoms with Crippen LogP contribution in [0.15, 0.2) is 54.6 Å². The molecule has 0 saturated heterocycles. The lowest BCUT2D eigenvalue weighted by molar-refractivity contribution is -0.484. The van der Waals surface area contributed by atoms with E-state index < -0.39 is 35.0 Å². The van der Waals surface area contributed by atoms with Gasteiger partial charge in [-0.15, -0.1) is 0 Å². The van der Waals surface area contributed by atoms with Crippen molar-refractivity contribution in [1.82, 2.24) is 0 Å². The molecule has 7 heteroatoms. The number of rotatable bonds is 7. The Balaban J connectivity index is 2.18. The van der Waals surface area contributed by atoms with Gasteiger partial charge in [0.2, 0.25) is 12.3 Å². The summed E-state index contributed by atoms with van der Waals surface area (Å²) in [6.45, 7) is 1.07. The largest absolute Gasteiger partial charge is 0.319 e. The highest BCUT2D eigenvalue weighted by Crippen LogP contribution is 2.27. The van der Waals surface area contributed by atoms with E-state index in [0.717, 1.165) is 0 Å². The predicted molar refractivity (Wildman–Crippen MR) is 95.3 cm³/mol. The first-order valence-corrected chi connectivity index (χ1v) is 8.03. The Bertz CT molecular complexity index is 762. The number of Topliss-reactive ketones (excluding diaryl/α,β-unsaturated/α-hetero) is 1. The van der Waals surface area contributed by atoms with Crippen LogP contribution in [0, 0.1) is 16.0 Å². The van der Waals surface area contributed by atoms with Crippen LogP contribution in [-0.2, 0) is 9.59 Å². The van der Waals surface area contributed by atoms with E-state index in [1.807, 2.05) is 0 Å². The maximum atomic E-state index is 12.4. The van der Waals surface area contributed by atoms with E-state index in [9.17, 15) is 19.7 Å². The first-order chi connectivity index (χ1) is 11.9. The first kappa shape index (κ1) is 18.6. The molecule has 0 radical (unpaired) electrons. The number of benzene rings is 2. The summed E-state index contributed by atoms with van der Waals surface area (Å²) in [7, 11) is 0. The van der Waals surface area contributed by atoms with E-state index in [-0.39, 0.29) is 0 Å². The minimum Gasteiger partial charge on any atom is -0.319 e. The van der Waals surface area contributed by atoms with Crippen LogP contribution in [0.1, 0.15) is 18.4 Å². The highest BCUT2D eigenvalue weighted by atomic mass is 35.5. The van der Waals surface area contributed by atoms with Gasteiger partial charge in [-0.05, 0) is 29.8 Å². The van der Waals surface area contributed by atoms with Crippen LogP contribution in [0.2, 0.25) is 5.02 Å². The zero-order chi connectivity index (χ0) is 18.4. The molecule has 0 spiro atoms. The topological polar surface area (TPSA) is 89.3 Å². The predicted octanol–water partition coefficient (Wildman–Crippen LogP) is 3.54. The van der Waals surface area contributed by atoms with E-state index in [0.29, 0.717) is 16.3 Å². The van der Waals surface area contributed by atoms with Crippen molar-refractivity contribution in [1.29, 1.82) is 0 Å². The third-order valence-electron chi connectivity index (χ3n) is 3.92. The number of nitrogens with one attached hydrogen (secondary N) is 1. The fourth-order valence-electron chi connectivity index (χ4n) is 2.53. The quantitative estimate of drug-likeness (QED) is 0.464. The number of anilines is 1. The molecule has 6 nitrogen and oxygen atoms in total. The van der Waals surface area contributed by atoms with Gasteiger partial charge in [0.15, 0.2) is 0 Å². The molecular weight excluding hydrogens is 344 g/mol. The Morgan fingerprint density at radius 3 is 2.28 bits per heavy atom. The van der Waals surface area contributed by atoms with E-state index >= 15 is 0 Å². The highest BCUT2D eigenvalue weighted by Gasteiger charge is 2.33. The van der Waals surface area contributed by atoms with E-state index in [1.165, 1.54) is 6.92 Å². The molecule has 2 rings (SSSR count). The molecule has 2 aromatic rings. The lowest BCUT2D eigenvalue weighted by Crippen LogP contribution is -2.33. The molecule has 0 aliphatic carbocycles. The number of para-hydroxylation sites is 1. The second kappa shape index (κ2) is 8.39. The van der Waals surface area contributed by atoms with Crippen molar-refractivity contribution in [2.45, 2.75) is 12.8 Å². The fraction of sp³-hybridized carbons (Fsp3) is 0.222. The number of nitrogens with zero attached hydrogens (tertiary/aromatic N) is 1. The minimum absolute atomic E-state index is 0.451. The van der Waals surface area contributed by atoms with Gasteiger partial charge in [-0.25, -0.2) is 0 Å². The van der Waals surface area contributed by atoms with Crippen molar-refractivity contribution in [2.24, 2.45) is 5.92 Å². The number of amides is 1. The molecule has 0 fully saturated rings. The van der Waals surface area contributed by atoms with Crippen LogP contribution in [0.25, 0.3) is 0 Å². The standard InChI is InChI=1S/C18H17ClN2O4/c1-12(17(22)18(23)20-15-5-3-2-4-6-15)16(11-21(24)25)13-7-9-14(19)10-8-13/h2-10,12,16H,11H2,1H3,(H,20,23)/t12-,16+/m1/s1. The summed E-state index contributed by atoms with van der Waals surface area (Å²) in [4.78, 5) is 35.1. The molecule has 0 bridgehead atoms. The van der Waals surface area contributed by atoms with E-state index in [1.54, 1.807) is 54.6 Å². The molecule has 0 saturated carbocycles. The summed E-state index contributed by atoms with van der Waals surface area (Å²) in [6.07, 6.45) is 0. The molecule has 130 valence electrons. The molecule has 2 aromatic carbocycles. The number of halogens is 1. The fourth-order valence-corrected chi connectivity index (χ4v) is 2.65. The molecule has 0 unspecified atom stereocenters. The molecule has 25 heavy (non-hydrogen) atoms. The number of carbonyl (C=O) groups is 2. The Labute approximate surface area is 150 Å². The van der Waals surface area contributed by atoms with Gasteiger partial charge in [-0.1, -0.05) is 48.9 Å². The Hall–Kier alpha value is -2.73. The summed E-state index contributed by atoms with van der Waals surface area (Å²) in [5.41, 5.74) is 1.08. The van der Waals surface area contributed by atoms with Crippen LogP contribution in [0.3, 0.4) is 0 Å². The van der Waals surface area contributed by atoms with Gasteiger partial charge in [0.1, 0.15) is 0 Å². The van der Waals surface area contributed by atoms with Crippen LogP contribution in [0.4, 0.5) is 5.69 Å². The molecule has 0 heterocycles. The number of hydrogen-bond acceptors (Lipinski definition) is 4. The molecule has 1 N–H and O–H groups in total. The lowest BCUT2D eigenvalue weighted by Gasteiger charge is -2.19. The van der Waals surface area contributed by atoms with Crippen LogP contribution in [0.5, 0.6) is 0 Å². The van der Waals surface area contributed by atoms with Crippen molar-refractivity contribution in [3.8, 4) is 0 Å². The van der Waals surface area contributed by atoms with Gasteiger partial charge in [-0.3, -0.25) is 19.7 Å². The monoisotopic (exact) mass is 360 g/mol. The molecule has 0 aliphatic heterocycles. The zero-order valence-electron chi connectivity index (χ0n) is 13.5. The zero-order valence-corrected chi connectivity index (χ0v) is 14.3. The molecule has 1 amide bonds. The van der Waals surface area contributed by atoms with Crippen molar-refractivity contribution in [3.05, 3.63) is 75.3 Å². The van der Waals surface area contributed by atoms with Crippen molar-refractivity contribution in [3.63, 3.8) is 0 Å². The molecule has 2 atom stereocenters. The molecule has 0 aromatic heterocycles. The maximum Gasteiger partial charge on any atom is 0.292 e. The number of ketones is 1. The van der Waals surface area contributed by atoms with Crippen LogP contribution >= 0.6 is 11.6 Å². The Kier molecular flexibility index (Phi) is 6.25. The summed E-state index contributed by atoms with van der Waals surface area (Å²) in [5.74, 6) is -3.07. The third-order valence-corrected chi connectivity index (χ3v) is 4.17. The van der Waals surface area contributed by atoms with E-state index in [4.69, 9.17) is 11.6 Å². The highest BCUT2D eigenvalue weighted by molar-refractivity contribution is 6.41. The Morgan fingerprint density at radius 1 is 1.12 bits per heavy atom. The van der Waals surface area contributed by atoms with Gasteiger partial charge >= 0.3 is 0 Å². The van der Waals surface area contributed by atoms with Gasteiger partial charge < -0.3 is 5.32 Å². The minimum atomic E-state index is -0.852. The van der Waals surface area contributed by atoms with Crippen molar-refractivity contribution < 1.29 is 14.5 Å². The van der Waals surface area contributed by atoms with Crippen molar-refractivity contribution in [2.75, 3.05) is 11.9 Å². The summed E-state index contributed by atoms with van der Waals surface area (Å²) >= 11 is 5.84. The number of hydrogen-bond donors (Lipinski definition) is 1.